The fourth-order valence-electron chi connectivity index (χ4n) is 7.02. The van der Waals surface area contributed by atoms with Crippen LogP contribution in [-0.4, -0.2) is 65.5 Å². The molecule has 0 fully saturated rings. The predicted octanol–water partition coefficient (Wildman–Crippen LogP) is 11.4. The van der Waals surface area contributed by atoms with Gasteiger partial charge in [-0.2, -0.15) is 0 Å². The number of carbonyl (C=O) groups is 4. The molecule has 0 aromatic carbocycles. The lowest BCUT2D eigenvalue weighted by Crippen LogP contribution is -2.36. The van der Waals surface area contributed by atoms with Gasteiger partial charge in [0.2, 0.25) is 0 Å². The average Bonchev–Trinajstić information content (AvgIpc) is 3.93. The SMILES string of the molecule is CCCCCCCCCCCCCc1c[nH]c(C(=O)OCC(=O)N(C)CC(=O)OCC)c1F.CCCCCCCCCCCCCc1c[nH]c(C(=O)OCc2oc(=O)oc2C)c1F. The number of unbranched alkanes of at least 4 members (excludes halogenated alkanes) is 20. The lowest BCUT2D eigenvalue weighted by atomic mass is 10.0. The molecule has 3 heterocycles. The van der Waals surface area contributed by atoms with Crippen molar-refractivity contribution in [1.29, 1.82) is 0 Å². The smallest absolute Gasteiger partial charge is 0.465 e. The van der Waals surface area contributed by atoms with Crippen molar-refractivity contribution in [2.45, 2.75) is 188 Å². The number of hydrogen-bond donors (Lipinski definition) is 2. The maximum atomic E-state index is 14.5. The van der Waals surface area contributed by atoms with E-state index in [-0.39, 0.29) is 42.7 Å². The molecule has 356 valence electrons. The van der Waals surface area contributed by atoms with Gasteiger partial charge in [0, 0.05) is 30.6 Å². The quantitative estimate of drug-likeness (QED) is 0.0340. The van der Waals surface area contributed by atoms with Gasteiger partial charge >= 0.3 is 23.7 Å². The van der Waals surface area contributed by atoms with Gasteiger partial charge in [0.25, 0.3) is 5.91 Å². The van der Waals surface area contributed by atoms with Crippen LogP contribution in [0.2, 0.25) is 0 Å². The first-order valence-electron chi connectivity index (χ1n) is 23.5. The van der Waals surface area contributed by atoms with E-state index >= 15 is 0 Å². The molecule has 0 aliphatic heterocycles. The first kappa shape index (κ1) is 54.4. The normalized spacial score (nSPS) is 11.0. The highest BCUT2D eigenvalue weighted by atomic mass is 19.1. The van der Waals surface area contributed by atoms with Crippen LogP contribution in [0.4, 0.5) is 8.78 Å². The zero-order valence-corrected chi connectivity index (χ0v) is 38.7. The predicted molar refractivity (Wildman–Crippen MR) is 237 cm³/mol. The molecule has 0 atom stereocenters. The number of likely N-dealkylation sites (N-methyl/N-ethyl adjacent to an activating group) is 1. The van der Waals surface area contributed by atoms with Crippen molar-refractivity contribution in [2.24, 2.45) is 0 Å². The van der Waals surface area contributed by atoms with Crippen LogP contribution in [-0.2, 0) is 43.2 Å². The highest BCUT2D eigenvalue weighted by molar-refractivity contribution is 5.91. The molecule has 0 saturated heterocycles. The standard InChI is InChI=1S/C25H41FN2O5.C23H34FNO5/c1-4-6-7-8-9-10-11-12-13-14-15-16-20-17-27-24(23(20)26)25(31)33-19-21(29)28(3)18-22(30)32-5-2;1-3-4-5-6-7-8-9-10-11-12-13-14-18-15-25-21(20(18)24)22(26)28-16-19-17(2)29-23(27)30-19/h17,27H,4-16,18-19H2,1-3H3;15,25H,3-14,16H2,1-2H3. The third-order valence-electron chi connectivity index (χ3n) is 10.9. The van der Waals surface area contributed by atoms with E-state index in [1.54, 1.807) is 6.92 Å². The van der Waals surface area contributed by atoms with Crippen LogP contribution in [0, 0.1) is 18.6 Å². The molecule has 0 spiro atoms. The van der Waals surface area contributed by atoms with E-state index in [1.165, 1.54) is 129 Å². The molecule has 3 rings (SSSR count). The number of rotatable bonds is 33. The molecule has 63 heavy (non-hydrogen) atoms. The number of nitrogens with zero attached hydrogens (tertiary/aromatic N) is 1. The summed E-state index contributed by atoms with van der Waals surface area (Å²) in [4.78, 5) is 65.0. The van der Waals surface area contributed by atoms with E-state index in [1.807, 2.05) is 0 Å². The lowest BCUT2D eigenvalue weighted by Gasteiger charge is -2.15. The Morgan fingerprint density at radius 3 is 1.41 bits per heavy atom. The van der Waals surface area contributed by atoms with Gasteiger partial charge in [0.05, 0.1) is 6.61 Å². The van der Waals surface area contributed by atoms with Gasteiger partial charge in [0.1, 0.15) is 6.54 Å². The molecule has 2 N–H and O–H groups in total. The van der Waals surface area contributed by atoms with Crippen LogP contribution in [0.3, 0.4) is 0 Å². The number of aromatic amines is 2. The number of aryl methyl sites for hydroxylation is 3. The topological polar surface area (TPSA) is 174 Å². The van der Waals surface area contributed by atoms with Crippen molar-refractivity contribution in [3.8, 4) is 0 Å². The zero-order valence-electron chi connectivity index (χ0n) is 38.7. The summed E-state index contributed by atoms with van der Waals surface area (Å²) in [5.41, 5.74) is 0.443. The van der Waals surface area contributed by atoms with Crippen LogP contribution in [0.1, 0.15) is 206 Å². The Labute approximate surface area is 372 Å². The van der Waals surface area contributed by atoms with E-state index < -0.39 is 47.9 Å². The maximum absolute atomic E-state index is 14.5. The third kappa shape index (κ3) is 22.5. The van der Waals surface area contributed by atoms with Crippen LogP contribution >= 0.6 is 0 Å². The van der Waals surface area contributed by atoms with Crippen LogP contribution < -0.4 is 5.82 Å². The average molecular weight is 892 g/mol. The zero-order chi connectivity index (χ0) is 46.2. The summed E-state index contributed by atoms with van der Waals surface area (Å²) in [6.45, 7) is 6.74. The molecule has 0 aliphatic rings. The Balaban J connectivity index is 0.000000435. The fraction of sp³-hybridized carbons (Fsp3) is 0.688. The summed E-state index contributed by atoms with van der Waals surface area (Å²) in [6.07, 6.45) is 31.1. The van der Waals surface area contributed by atoms with Crippen molar-refractivity contribution >= 4 is 23.8 Å². The van der Waals surface area contributed by atoms with Gasteiger partial charge in [-0.1, -0.05) is 142 Å². The summed E-state index contributed by atoms with van der Waals surface area (Å²) < 4.78 is 53.1. The minimum Gasteiger partial charge on any atom is -0.465 e. The van der Waals surface area contributed by atoms with Crippen molar-refractivity contribution in [2.75, 3.05) is 26.8 Å². The Hall–Kier alpha value is -4.69. The summed E-state index contributed by atoms with van der Waals surface area (Å²) in [5, 5.41) is 0. The molecule has 13 nitrogen and oxygen atoms in total. The van der Waals surface area contributed by atoms with Crippen LogP contribution in [0.15, 0.2) is 26.0 Å². The summed E-state index contributed by atoms with van der Waals surface area (Å²) >= 11 is 0. The van der Waals surface area contributed by atoms with E-state index in [2.05, 4.69) is 23.8 Å². The van der Waals surface area contributed by atoms with Gasteiger partial charge in [-0.15, -0.1) is 0 Å². The lowest BCUT2D eigenvalue weighted by molar-refractivity contribution is -0.148. The Morgan fingerprint density at radius 2 is 1.02 bits per heavy atom. The number of esters is 3. The number of amides is 1. The number of ether oxygens (including phenoxy) is 3. The van der Waals surface area contributed by atoms with E-state index in [0.717, 1.165) is 43.4 Å². The number of H-pyrrole nitrogens is 2. The maximum Gasteiger partial charge on any atom is 0.519 e. The molecule has 0 saturated carbocycles. The number of nitrogens with one attached hydrogen (secondary N) is 2. The Bertz CT molecular complexity index is 1800. The number of halogens is 2. The second-order valence-corrected chi connectivity index (χ2v) is 16.2. The van der Waals surface area contributed by atoms with Crippen LogP contribution in [0.25, 0.3) is 0 Å². The molecule has 0 aliphatic carbocycles. The van der Waals surface area contributed by atoms with Gasteiger partial charge in [-0.3, -0.25) is 9.59 Å². The monoisotopic (exact) mass is 892 g/mol. The number of aromatic nitrogens is 2. The summed E-state index contributed by atoms with van der Waals surface area (Å²) in [7, 11) is 1.40. The minimum atomic E-state index is -0.935. The van der Waals surface area contributed by atoms with Crippen molar-refractivity contribution < 1.29 is 51.0 Å². The number of carbonyl (C=O) groups excluding carboxylic acids is 4. The molecule has 1 amide bonds. The molecule has 0 bridgehead atoms. The molecule has 3 aromatic rings. The van der Waals surface area contributed by atoms with Crippen LogP contribution in [0.5, 0.6) is 0 Å². The molecule has 0 unspecified atom stereocenters. The van der Waals surface area contributed by atoms with Gasteiger partial charge < -0.3 is 37.9 Å². The van der Waals surface area contributed by atoms with Gasteiger partial charge in [0.15, 0.2) is 47.8 Å². The Morgan fingerprint density at radius 1 is 0.603 bits per heavy atom. The summed E-state index contributed by atoms with van der Waals surface area (Å²) in [6, 6.07) is 0. The first-order chi connectivity index (χ1) is 30.4. The van der Waals surface area contributed by atoms with E-state index in [0.29, 0.717) is 24.0 Å². The minimum absolute atomic E-state index is 0.112. The van der Waals surface area contributed by atoms with E-state index in [4.69, 9.17) is 23.0 Å². The van der Waals surface area contributed by atoms with Gasteiger partial charge in [-0.05, 0) is 39.5 Å². The highest BCUT2D eigenvalue weighted by Gasteiger charge is 2.22. The number of hydrogen-bond acceptors (Lipinski definition) is 10. The van der Waals surface area contributed by atoms with E-state index in [9.17, 15) is 32.8 Å². The van der Waals surface area contributed by atoms with Gasteiger partial charge in [-0.25, -0.2) is 23.2 Å². The second-order valence-electron chi connectivity index (χ2n) is 16.2. The largest absolute Gasteiger partial charge is 0.519 e. The van der Waals surface area contributed by atoms with Crippen molar-refractivity contribution in [3.05, 3.63) is 68.7 Å². The molecule has 0 radical (unpaired) electrons. The molecule has 15 heteroatoms. The highest BCUT2D eigenvalue weighted by Crippen LogP contribution is 2.20. The molecular formula is C48H75F2N3O10. The molecule has 3 aromatic heterocycles. The fourth-order valence-corrected chi connectivity index (χ4v) is 7.02. The first-order valence-corrected chi connectivity index (χ1v) is 23.5. The van der Waals surface area contributed by atoms with Crippen molar-refractivity contribution in [3.63, 3.8) is 0 Å². The summed E-state index contributed by atoms with van der Waals surface area (Å²) in [5.74, 6) is -4.61. The second kappa shape index (κ2) is 32.9. The Kier molecular flexibility index (Phi) is 28.4. The third-order valence-corrected chi connectivity index (χ3v) is 10.9. The molecular weight excluding hydrogens is 817 g/mol. The van der Waals surface area contributed by atoms with Crippen molar-refractivity contribution in [1.82, 2.24) is 14.9 Å².